The average Bonchev–Trinajstić information content (AvgIpc) is 3.25. The van der Waals surface area contributed by atoms with Crippen molar-refractivity contribution < 1.29 is 24.2 Å². The molecule has 3 rings (SSSR count). The van der Waals surface area contributed by atoms with Crippen LogP contribution < -0.4 is 5.32 Å². The number of carbonyl (C=O) groups excluding carboxylic acids is 2. The monoisotopic (exact) mass is 393 g/mol. The number of anilines is 1. The third kappa shape index (κ3) is 3.61. The third-order valence-electron chi connectivity index (χ3n) is 5.85. The molecule has 1 heterocycles. The maximum Gasteiger partial charge on any atom is 0.341 e. The van der Waals surface area contributed by atoms with Gasteiger partial charge in [0.25, 0.3) is 0 Å². The minimum absolute atomic E-state index is 0.0879. The van der Waals surface area contributed by atoms with Crippen LogP contribution in [0.15, 0.2) is 0 Å². The Morgan fingerprint density at radius 2 is 1.85 bits per heavy atom. The van der Waals surface area contributed by atoms with E-state index < -0.39 is 23.8 Å². The summed E-state index contributed by atoms with van der Waals surface area (Å²) in [5.74, 6) is -2.55. The summed E-state index contributed by atoms with van der Waals surface area (Å²) in [5, 5.41) is 13.0. The van der Waals surface area contributed by atoms with E-state index in [0.717, 1.165) is 29.7 Å². The molecule has 0 aliphatic heterocycles. The van der Waals surface area contributed by atoms with E-state index >= 15 is 0 Å². The number of hydrogen-bond donors (Lipinski definition) is 2. The van der Waals surface area contributed by atoms with E-state index in [1.165, 1.54) is 11.3 Å². The zero-order valence-corrected chi connectivity index (χ0v) is 17.0. The Bertz CT molecular complexity index is 769. The summed E-state index contributed by atoms with van der Waals surface area (Å²) in [5.41, 5.74) is 1.29. The van der Waals surface area contributed by atoms with Crippen molar-refractivity contribution in [1.29, 1.82) is 0 Å². The molecule has 2 aliphatic rings. The lowest BCUT2D eigenvalue weighted by molar-refractivity contribution is -0.148. The van der Waals surface area contributed by atoms with E-state index in [2.05, 4.69) is 5.32 Å². The number of amides is 1. The molecule has 0 aromatic carbocycles. The van der Waals surface area contributed by atoms with E-state index in [1.54, 1.807) is 13.8 Å². The van der Waals surface area contributed by atoms with Crippen molar-refractivity contribution in [3.8, 4) is 0 Å². The molecule has 2 fully saturated rings. The van der Waals surface area contributed by atoms with E-state index in [4.69, 9.17) is 4.74 Å². The highest BCUT2D eigenvalue weighted by molar-refractivity contribution is 7.16. The zero-order chi connectivity index (χ0) is 19.9. The largest absolute Gasteiger partial charge is 0.481 e. The summed E-state index contributed by atoms with van der Waals surface area (Å²) in [7, 11) is 0. The van der Waals surface area contributed by atoms with Gasteiger partial charge in [0, 0.05) is 4.88 Å². The van der Waals surface area contributed by atoms with Crippen LogP contribution in [0.1, 0.15) is 60.8 Å². The smallest absolute Gasteiger partial charge is 0.341 e. The lowest BCUT2D eigenvalue weighted by atomic mass is 9.79. The van der Waals surface area contributed by atoms with Crippen LogP contribution in [0.5, 0.6) is 0 Å². The Labute approximate surface area is 163 Å². The van der Waals surface area contributed by atoms with Gasteiger partial charge in [-0.15, -0.1) is 11.3 Å². The molecule has 2 saturated carbocycles. The first kappa shape index (κ1) is 19.9. The molecule has 1 aromatic rings. The SMILES string of the molecule is CCc1c(C)sc(NC(=O)[C@H]2[C@@H]3CC[C@@H](C3)[C@@H]2C(=O)O)c1C(=O)OC(C)C. The number of carbonyl (C=O) groups is 3. The molecular formula is C20H27NO5S. The van der Waals surface area contributed by atoms with Crippen molar-refractivity contribution in [2.24, 2.45) is 23.7 Å². The van der Waals surface area contributed by atoms with E-state index in [1.807, 2.05) is 13.8 Å². The van der Waals surface area contributed by atoms with Gasteiger partial charge in [-0.3, -0.25) is 9.59 Å². The van der Waals surface area contributed by atoms with Gasteiger partial charge in [-0.1, -0.05) is 6.92 Å². The number of hydrogen-bond acceptors (Lipinski definition) is 5. The molecule has 0 radical (unpaired) electrons. The van der Waals surface area contributed by atoms with Gasteiger partial charge >= 0.3 is 11.9 Å². The number of esters is 1. The van der Waals surface area contributed by atoms with Crippen molar-refractivity contribution >= 4 is 34.2 Å². The number of aliphatic carboxylic acids is 1. The Morgan fingerprint density at radius 3 is 2.41 bits per heavy atom. The molecule has 1 aromatic heterocycles. The Hall–Kier alpha value is -1.89. The van der Waals surface area contributed by atoms with Gasteiger partial charge in [0.2, 0.25) is 5.91 Å². The van der Waals surface area contributed by atoms with E-state index in [0.29, 0.717) is 17.0 Å². The quantitative estimate of drug-likeness (QED) is 0.716. The third-order valence-corrected chi connectivity index (χ3v) is 6.91. The van der Waals surface area contributed by atoms with Crippen LogP contribution in [0.25, 0.3) is 0 Å². The highest BCUT2D eigenvalue weighted by atomic mass is 32.1. The molecule has 27 heavy (non-hydrogen) atoms. The molecular weight excluding hydrogens is 366 g/mol. The summed E-state index contributed by atoms with van der Waals surface area (Å²) in [6.07, 6.45) is 2.99. The highest BCUT2D eigenvalue weighted by Crippen LogP contribution is 2.53. The van der Waals surface area contributed by atoms with E-state index in [-0.39, 0.29) is 23.8 Å². The molecule has 2 N–H and O–H groups in total. The summed E-state index contributed by atoms with van der Waals surface area (Å²) in [6.45, 7) is 7.45. The number of nitrogens with one attached hydrogen (secondary N) is 1. The van der Waals surface area contributed by atoms with E-state index in [9.17, 15) is 19.5 Å². The highest BCUT2D eigenvalue weighted by Gasteiger charge is 2.54. The number of carboxylic acid groups (broad SMARTS) is 1. The molecule has 2 aliphatic carbocycles. The minimum atomic E-state index is -0.890. The Balaban J connectivity index is 1.88. The van der Waals surface area contributed by atoms with Crippen molar-refractivity contribution in [2.45, 2.75) is 59.5 Å². The molecule has 0 spiro atoms. The van der Waals surface area contributed by atoms with Crippen LogP contribution in [0.2, 0.25) is 0 Å². The Kier molecular flexibility index (Phi) is 5.60. The number of fused-ring (bicyclic) bond motifs is 2. The van der Waals surface area contributed by atoms with Crippen LogP contribution in [-0.4, -0.2) is 29.1 Å². The number of rotatable bonds is 6. The number of aryl methyl sites for hydroxylation is 1. The normalized spacial score (nSPS) is 26.4. The van der Waals surface area contributed by atoms with Gasteiger partial charge in [-0.2, -0.15) is 0 Å². The first-order chi connectivity index (χ1) is 12.7. The first-order valence-electron chi connectivity index (χ1n) is 9.61. The predicted molar refractivity (Wildman–Crippen MR) is 103 cm³/mol. The molecule has 2 bridgehead atoms. The summed E-state index contributed by atoms with van der Waals surface area (Å²) >= 11 is 1.36. The maximum atomic E-state index is 13.0. The molecule has 0 unspecified atom stereocenters. The van der Waals surface area contributed by atoms with Crippen molar-refractivity contribution in [3.63, 3.8) is 0 Å². The molecule has 6 nitrogen and oxygen atoms in total. The number of carboxylic acids is 1. The summed E-state index contributed by atoms with van der Waals surface area (Å²) in [6, 6.07) is 0. The lowest BCUT2D eigenvalue weighted by Crippen LogP contribution is -2.38. The van der Waals surface area contributed by atoms with Crippen molar-refractivity contribution in [3.05, 3.63) is 16.0 Å². The van der Waals surface area contributed by atoms with Crippen LogP contribution in [0.3, 0.4) is 0 Å². The molecule has 4 atom stereocenters. The van der Waals surface area contributed by atoms with Gasteiger partial charge in [0.1, 0.15) is 5.00 Å². The van der Waals surface area contributed by atoms with Crippen LogP contribution in [-0.2, 0) is 20.7 Å². The Morgan fingerprint density at radius 1 is 1.22 bits per heavy atom. The molecule has 148 valence electrons. The second kappa shape index (κ2) is 7.62. The van der Waals surface area contributed by atoms with Crippen LogP contribution in [0, 0.1) is 30.6 Å². The van der Waals surface area contributed by atoms with Crippen molar-refractivity contribution in [1.82, 2.24) is 0 Å². The number of thiophene rings is 1. The van der Waals surface area contributed by atoms with Crippen molar-refractivity contribution in [2.75, 3.05) is 5.32 Å². The average molecular weight is 394 g/mol. The predicted octanol–water partition coefficient (Wildman–Crippen LogP) is 3.87. The van der Waals surface area contributed by atoms with Gasteiger partial charge in [-0.25, -0.2) is 4.79 Å². The fraction of sp³-hybridized carbons (Fsp3) is 0.650. The first-order valence-corrected chi connectivity index (χ1v) is 10.4. The van der Waals surface area contributed by atoms with Gasteiger partial charge in [0.15, 0.2) is 0 Å². The lowest BCUT2D eigenvalue weighted by Gasteiger charge is -2.27. The van der Waals surface area contributed by atoms with Crippen LogP contribution >= 0.6 is 11.3 Å². The van der Waals surface area contributed by atoms with Gasteiger partial charge < -0.3 is 15.2 Å². The van der Waals surface area contributed by atoms with Gasteiger partial charge in [-0.05, 0) is 63.9 Å². The van der Waals surface area contributed by atoms with Gasteiger partial charge in [0.05, 0.1) is 23.5 Å². The number of ether oxygens (including phenoxy) is 1. The fourth-order valence-electron chi connectivity index (χ4n) is 4.80. The maximum absolute atomic E-state index is 13.0. The second-order valence-corrected chi connectivity index (χ2v) is 9.09. The molecule has 0 saturated heterocycles. The topological polar surface area (TPSA) is 92.7 Å². The summed E-state index contributed by atoms with van der Waals surface area (Å²) in [4.78, 5) is 38.3. The second-order valence-electron chi connectivity index (χ2n) is 7.86. The zero-order valence-electron chi connectivity index (χ0n) is 16.2. The minimum Gasteiger partial charge on any atom is -0.481 e. The van der Waals surface area contributed by atoms with Crippen LogP contribution in [0.4, 0.5) is 5.00 Å². The summed E-state index contributed by atoms with van der Waals surface area (Å²) < 4.78 is 5.37. The molecule has 1 amide bonds. The standard InChI is InChI=1S/C20H27NO5S/c1-5-13-10(4)27-18(16(13)20(25)26-9(2)3)21-17(22)14-11-6-7-12(8-11)15(14)19(23)24/h9,11-12,14-15H,5-8H2,1-4H3,(H,21,22)(H,23,24)/t11-,12+,14+,15+/m1/s1. The molecule has 7 heteroatoms. The fourth-order valence-corrected chi connectivity index (χ4v) is 5.94.